The normalized spacial score (nSPS) is 27.4. The lowest BCUT2D eigenvalue weighted by Gasteiger charge is -2.35. The average Bonchev–Trinajstić information content (AvgIpc) is 3.48. The van der Waals surface area contributed by atoms with Crippen molar-refractivity contribution in [3.63, 3.8) is 0 Å². The number of hydrogen-bond donors (Lipinski definition) is 1. The van der Waals surface area contributed by atoms with E-state index in [0.29, 0.717) is 17.7 Å². The predicted octanol–water partition coefficient (Wildman–Crippen LogP) is 3.47. The quantitative estimate of drug-likeness (QED) is 0.883. The summed E-state index contributed by atoms with van der Waals surface area (Å²) in [5, 5.41) is 3.18. The van der Waals surface area contributed by atoms with Crippen LogP contribution < -0.4 is 5.32 Å². The van der Waals surface area contributed by atoms with Gasteiger partial charge in [0.1, 0.15) is 5.82 Å². The Morgan fingerprint density at radius 2 is 1.89 bits per heavy atom. The number of benzene rings is 2. The maximum absolute atomic E-state index is 13.4. The van der Waals surface area contributed by atoms with Gasteiger partial charge in [0.2, 0.25) is 0 Å². The van der Waals surface area contributed by atoms with Crippen LogP contribution in [0.2, 0.25) is 0 Å². The Bertz CT molecular complexity index is 865. The Kier molecular flexibility index (Phi) is 4.65. The molecule has 0 spiro atoms. The number of rotatable bonds is 4. The molecule has 1 amide bonds. The first-order chi connectivity index (χ1) is 13.7. The van der Waals surface area contributed by atoms with Crippen molar-refractivity contribution in [2.45, 2.75) is 37.5 Å². The standard InChI is InChI=1S/C23H25FN2O2/c24-19-3-1-2-18(10-19)15-4-8-17(9-5-15)23(27)25-20-11-21-14-28-22(16-6-7-16)13-26(21)12-20/h1-5,8-10,16,20-22H,6-7,11-14H2,(H,25,27)/t20-,21+,22+/m1/s1. The molecule has 4 nitrogen and oxygen atoms in total. The molecule has 0 bridgehead atoms. The number of fused-ring (bicyclic) bond motifs is 1. The average molecular weight is 380 g/mol. The summed E-state index contributed by atoms with van der Waals surface area (Å²) in [6.07, 6.45) is 3.94. The monoisotopic (exact) mass is 380 g/mol. The first-order valence-corrected chi connectivity index (χ1v) is 10.2. The number of hydrogen-bond acceptors (Lipinski definition) is 3. The Morgan fingerprint density at radius 1 is 1.07 bits per heavy atom. The van der Waals surface area contributed by atoms with E-state index < -0.39 is 0 Å². The summed E-state index contributed by atoms with van der Waals surface area (Å²) in [6, 6.07) is 14.4. The van der Waals surface area contributed by atoms with Crippen LogP contribution in [-0.2, 0) is 4.74 Å². The molecule has 3 aliphatic rings. The van der Waals surface area contributed by atoms with Crippen LogP contribution >= 0.6 is 0 Å². The molecule has 1 N–H and O–H groups in total. The molecule has 0 aromatic heterocycles. The van der Waals surface area contributed by atoms with Crippen LogP contribution in [0.15, 0.2) is 48.5 Å². The van der Waals surface area contributed by atoms with Crippen molar-refractivity contribution in [3.8, 4) is 11.1 Å². The smallest absolute Gasteiger partial charge is 0.251 e. The van der Waals surface area contributed by atoms with Crippen LogP contribution in [0.1, 0.15) is 29.6 Å². The highest BCUT2D eigenvalue weighted by atomic mass is 19.1. The third-order valence-electron chi connectivity index (χ3n) is 6.23. The van der Waals surface area contributed by atoms with Crippen molar-refractivity contribution in [2.75, 3.05) is 19.7 Å². The van der Waals surface area contributed by atoms with Crippen molar-refractivity contribution in [1.82, 2.24) is 10.2 Å². The summed E-state index contributed by atoms with van der Waals surface area (Å²) in [5.41, 5.74) is 2.35. The molecule has 2 aliphatic heterocycles. The summed E-state index contributed by atoms with van der Waals surface area (Å²) in [7, 11) is 0. The van der Waals surface area contributed by atoms with Gasteiger partial charge in [-0.05, 0) is 60.6 Å². The van der Waals surface area contributed by atoms with Crippen molar-refractivity contribution in [1.29, 1.82) is 0 Å². The topological polar surface area (TPSA) is 41.6 Å². The second-order valence-corrected chi connectivity index (χ2v) is 8.31. The predicted molar refractivity (Wildman–Crippen MR) is 106 cm³/mol. The highest BCUT2D eigenvalue weighted by Gasteiger charge is 2.42. The van der Waals surface area contributed by atoms with Gasteiger partial charge in [0.05, 0.1) is 12.7 Å². The van der Waals surface area contributed by atoms with E-state index in [0.717, 1.165) is 43.2 Å². The zero-order valence-electron chi connectivity index (χ0n) is 15.8. The molecular formula is C23H25FN2O2. The number of morpholine rings is 1. The first-order valence-electron chi connectivity index (χ1n) is 10.2. The molecule has 2 aromatic carbocycles. The molecule has 3 fully saturated rings. The summed E-state index contributed by atoms with van der Waals surface area (Å²) in [5.74, 6) is 0.450. The fourth-order valence-corrected chi connectivity index (χ4v) is 4.51. The zero-order chi connectivity index (χ0) is 19.1. The van der Waals surface area contributed by atoms with Crippen molar-refractivity contribution in [3.05, 3.63) is 59.9 Å². The van der Waals surface area contributed by atoms with Gasteiger partial charge in [0, 0.05) is 30.7 Å². The number of ether oxygens (including phenoxy) is 1. The number of nitrogens with zero attached hydrogens (tertiary/aromatic N) is 1. The molecular weight excluding hydrogens is 355 g/mol. The number of carbonyl (C=O) groups is 1. The third kappa shape index (κ3) is 3.69. The van der Waals surface area contributed by atoms with Crippen LogP contribution in [-0.4, -0.2) is 48.7 Å². The van der Waals surface area contributed by atoms with Gasteiger partial charge < -0.3 is 10.1 Å². The molecule has 0 radical (unpaired) electrons. The van der Waals surface area contributed by atoms with Gasteiger partial charge in [-0.3, -0.25) is 9.69 Å². The fraction of sp³-hybridized carbons (Fsp3) is 0.435. The lowest BCUT2D eigenvalue weighted by Crippen LogP contribution is -2.47. The highest BCUT2D eigenvalue weighted by Crippen LogP contribution is 2.37. The summed E-state index contributed by atoms with van der Waals surface area (Å²) < 4.78 is 19.4. The molecule has 0 unspecified atom stereocenters. The number of carbonyl (C=O) groups excluding carboxylic acids is 1. The number of amides is 1. The van der Waals surface area contributed by atoms with E-state index in [-0.39, 0.29) is 17.8 Å². The Balaban J connectivity index is 1.20. The van der Waals surface area contributed by atoms with Gasteiger partial charge in [-0.1, -0.05) is 24.3 Å². The van der Waals surface area contributed by atoms with Gasteiger partial charge in [-0.15, -0.1) is 0 Å². The minimum atomic E-state index is -0.259. The number of nitrogens with one attached hydrogen (secondary N) is 1. The SMILES string of the molecule is O=C(N[C@@H]1C[C@H]2CO[C@H](C3CC3)CN2C1)c1ccc(-c2cccc(F)c2)cc1. The Morgan fingerprint density at radius 3 is 2.64 bits per heavy atom. The molecule has 146 valence electrons. The molecule has 3 atom stereocenters. The maximum Gasteiger partial charge on any atom is 0.251 e. The minimum Gasteiger partial charge on any atom is -0.375 e. The van der Waals surface area contributed by atoms with E-state index in [2.05, 4.69) is 10.2 Å². The molecule has 2 aromatic rings. The molecule has 5 rings (SSSR count). The van der Waals surface area contributed by atoms with E-state index in [1.54, 1.807) is 6.07 Å². The van der Waals surface area contributed by atoms with Gasteiger partial charge >= 0.3 is 0 Å². The van der Waals surface area contributed by atoms with Gasteiger partial charge in [-0.25, -0.2) is 4.39 Å². The van der Waals surface area contributed by atoms with Crippen molar-refractivity contribution in [2.24, 2.45) is 5.92 Å². The van der Waals surface area contributed by atoms with E-state index in [4.69, 9.17) is 4.74 Å². The van der Waals surface area contributed by atoms with Crippen LogP contribution in [0, 0.1) is 11.7 Å². The molecule has 2 heterocycles. The minimum absolute atomic E-state index is 0.0460. The first kappa shape index (κ1) is 17.8. The maximum atomic E-state index is 13.4. The van der Waals surface area contributed by atoms with Crippen molar-refractivity contribution < 1.29 is 13.9 Å². The third-order valence-corrected chi connectivity index (χ3v) is 6.23. The molecule has 1 saturated carbocycles. The molecule has 28 heavy (non-hydrogen) atoms. The number of halogens is 1. The molecule has 5 heteroatoms. The van der Waals surface area contributed by atoms with Crippen molar-refractivity contribution >= 4 is 5.91 Å². The largest absolute Gasteiger partial charge is 0.375 e. The Labute approximate surface area is 164 Å². The highest BCUT2D eigenvalue weighted by molar-refractivity contribution is 5.94. The Hall–Kier alpha value is -2.24. The van der Waals surface area contributed by atoms with Gasteiger partial charge in [0.15, 0.2) is 0 Å². The fourth-order valence-electron chi connectivity index (χ4n) is 4.51. The molecule has 1 aliphatic carbocycles. The van der Waals surface area contributed by atoms with Crippen LogP contribution in [0.3, 0.4) is 0 Å². The van der Waals surface area contributed by atoms with E-state index >= 15 is 0 Å². The zero-order valence-corrected chi connectivity index (χ0v) is 15.8. The summed E-state index contributed by atoms with van der Waals surface area (Å²) in [4.78, 5) is 15.2. The van der Waals surface area contributed by atoms with Crippen LogP contribution in [0.5, 0.6) is 0 Å². The van der Waals surface area contributed by atoms with E-state index in [1.807, 2.05) is 30.3 Å². The van der Waals surface area contributed by atoms with Crippen LogP contribution in [0.4, 0.5) is 4.39 Å². The summed E-state index contributed by atoms with van der Waals surface area (Å²) >= 11 is 0. The summed E-state index contributed by atoms with van der Waals surface area (Å²) in [6.45, 7) is 2.70. The lowest BCUT2D eigenvalue weighted by molar-refractivity contribution is -0.0581. The van der Waals surface area contributed by atoms with Crippen LogP contribution in [0.25, 0.3) is 11.1 Å². The second-order valence-electron chi connectivity index (χ2n) is 8.31. The van der Waals surface area contributed by atoms with E-state index in [9.17, 15) is 9.18 Å². The molecule has 2 saturated heterocycles. The van der Waals surface area contributed by atoms with Gasteiger partial charge in [0.25, 0.3) is 5.91 Å². The van der Waals surface area contributed by atoms with E-state index in [1.165, 1.54) is 25.0 Å². The second kappa shape index (κ2) is 7.30. The van der Waals surface area contributed by atoms with Gasteiger partial charge in [-0.2, -0.15) is 0 Å². The lowest BCUT2D eigenvalue weighted by atomic mass is 10.0.